The molecular formula is C28H35N5O3S2. The van der Waals surface area contributed by atoms with Crippen molar-refractivity contribution >= 4 is 43.1 Å². The fourth-order valence-corrected chi connectivity index (χ4v) is 8.18. The fourth-order valence-electron chi connectivity index (χ4n) is 5.87. The van der Waals surface area contributed by atoms with Gasteiger partial charge in [-0.25, -0.2) is 23.4 Å². The average molecular weight is 554 g/mol. The second-order valence-electron chi connectivity index (χ2n) is 10.7. The van der Waals surface area contributed by atoms with Crippen molar-refractivity contribution < 1.29 is 13.2 Å². The third-order valence-corrected chi connectivity index (χ3v) is 11.0. The summed E-state index contributed by atoms with van der Waals surface area (Å²) in [5, 5.41) is 0.725. The molecule has 0 radical (unpaired) electrons. The van der Waals surface area contributed by atoms with Gasteiger partial charge in [-0.15, -0.1) is 0 Å². The van der Waals surface area contributed by atoms with Crippen LogP contribution in [0.3, 0.4) is 0 Å². The third kappa shape index (κ3) is 5.18. The van der Waals surface area contributed by atoms with Crippen LogP contribution in [0.15, 0.2) is 36.7 Å². The molecule has 1 unspecified atom stereocenters. The van der Waals surface area contributed by atoms with Gasteiger partial charge in [-0.1, -0.05) is 43.7 Å². The quantitative estimate of drug-likeness (QED) is 0.362. The molecule has 1 aromatic carbocycles. The molecule has 38 heavy (non-hydrogen) atoms. The number of anilines is 1. The molecule has 2 fully saturated rings. The summed E-state index contributed by atoms with van der Waals surface area (Å²) in [5.74, 6) is 2.94. The zero-order valence-electron chi connectivity index (χ0n) is 22.0. The molecule has 1 saturated heterocycles. The highest BCUT2D eigenvalue weighted by Gasteiger charge is 2.56. The lowest BCUT2D eigenvalue weighted by Crippen LogP contribution is -2.36. The van der Waals surface area contributed by atoms with Crippen molar-refractivity contribution in [2.24, 2.45) is 17.8 Å². The molecule has 1 saturated carbocycles. The van der Waals surface area contributed by atoms with Crippen LogP contribution in [0.1, 0.15) is 44.2 Å². The van der Waals surface area contributed by atoms with E-state index in [1.54, 1.807) is 15.6 Å². The van der Waals surface area contributed by atoms with E-state index in [1.165, 1.54) is 11.1 Å². The van der Waals surface area contributed by atoms with E-state index in [4.69, 9.17) is 9.72 Å². The molecule has 10 heteroatoms. The molecule has 8 nitrogen and oxygen atoms in total. The molecule has 0 N–H and O–H groups in total. The lowest BCUT2D eigenvalue weighted by Gasteiger charge is -2.25. The number of piperidine rings is 1. The van der Waals surface area contributed by atoms with E-state index in [0.717, 1.165) is 59.3 Å². The number of hydrogen-bond donors (Lipinski definition) is 0. The first kappa shape index (κ1) is 25.7. The maximum absolute atomic E-state index is 12.4. The first-order valence-electron chi connectivity index (χ1n) is 13.7. The maximum atomic E-state index is 12.4. The molecule has 2 aromatic heterocycles. The summed E-state index contributed by atoms with van der Waals surface area (Å²) in [5.41, 5.74) is 4.49. The van der Waals surface area contributed by atoms with Crippen molar-refractivity contribution in [3.05, 3.63) is 47.8 Å². The Morgan fingerprint density at radius 3 is 2.58 bits per heavy atom. The lowest BCUT2D eigenvalue weighted by atomic mass is 10.0. The van der Waals surface area contributed by atoms with E-state index in [-0.39, 0.29) is 5.75 Å². The second-order valence-corrected chi connectivity index (χ2v) is 13.7. The van der Waals surface area contributed by atoms with Crippen LogP contribution in [0.5, 0.6) is 5.19 Å². The summed E-state index contributed by atoms with van der Waals surface area (Å²) in [6.07, 6.45) is 9.49. The Morgan fingerprint density at radius 1 is 1.11 bits per heavy atom. The minimum atomic E-state index is -3.15. The number of fused-ring (bicyclic) bond motifs is 2. The molecule has 1 aliphatic carbocycles. The van der Waals surface area contributed by atoms with Gasteiger partial charge in [0, 0.05) is 44.5 Å². The fraction of sp³-hybridized carbons (Fsp3) is 0.536. The van der Waals surface area contributed by atoms with Gasteiger partial charge in [0.25, 0.3) is 5.19 Å². The standard InChI is InChI=1S/C28H35N5O3S2/c1-3-5-19-14-29-27(30-15-19)32-16-22-23(17-32)24(22)18-36-28-31-25-7-6-21(13-26(25)37-28)20-8-10-33(11-9-20)38(34,35)12-4-2/h6-8,13-15,22-24H,3-5,9-12,16-18H2,1-2H3/t22-,23+,24?. The summed E-state index contributed by atoms with van der Waals surface area (Å²) >= 11 is 1.59. The largest absolute Gasteiger partial charge is 0.470 e. The summed E-state index contributed by atoms with van der Waals surface area (Å²) in [4.78, 5) is 16.2. The molecule has 0 amide bonds. The van der Waals surface area contributed by atoms with Crippen LogP contribution >= 0.6 is 11.3 Å². The maximum Gasteiger partial charge on any atom is 0.274 e. The molecular weight excluding hydrogens is 518 g/mol. The predicted octanol–water partition coefficient (Wildman–Crippen LogP) is 4.63. The Balaban J connectivity index is 1.03. The van der Waals surface area contributed by atoms with Crippen molar-refractivity contribution in [1.82, 2.24) is 19.3 Å². The lowest BCUT2D eigenvalue weighted by molar-refractivity contribution is 0.282. The van der Waals surface area contributed by atoms with Crippen LogP contribution in [0.4, 0.5) is 5.95 Å². The number of nitrogens with zero attached hydrogens (tertiary/aromatic N) is 5. The van der Waals surface area contributed by atoms with Gasteiger partial charge in [0.2, 0.25) is 16.0 Å². The van der Waals surface area contributed by atoms with Crippen LogP contribution in [0.2, 0.25) is 0 Å². The SMILES string of the molecule is CCCc1cnc(N2C[C@@H]3C(COc4nc5ccc(C6=CCN(S(=O)(=O)CCC)CC6)cc5s4)[C@@H]3C2)nc1. The van der Waals surface area contributed by atoms with E-state index >= 15 is 0 Å². The molecule has 0 spiro atoms. The summed E-state index contributed by atoms with van der Waals surface area (Å²) in [6.45, 7) is 7.77. The van der Waals surface area contributed by atoms with Crippen LogP contribution in [0.25, 0.3) is 15.8 Å². The first-order chi connectivity index (χ1) is 18.4. The van der Waals surface area contributed by atoms with Crippen LogP contribution in [-0.2, 0) is 16.4 Å². The molecule has 2 aliphatic heterocycles. The molecule has 3 atom stereocenters. The second kappa shape index (κ2) is 10.5. The Bertz CT molecular complexity index is 1420. The van der Waals surface area contributed by atoms with Crippen LogP contribution in [0, 0.1) is 17.8 Å². The van der Waals surface area contributed by atoms with Gasteiger partial charge in [0.15, 0.2) is 0 Å². The van der Waals surface area contributed by atoms with E-state index in [2.05, 4.69) is 40.0 Å². The molecule has 3 aliphatic rings. The number of ether oxygens (including phenoxy) is 1. The minimum Gasteiger partial charge on any atom is -0.470 e. The Hall–Kier alpha value is -2.56. The van der Waals surface area contributed by atoms with Crippen molar-refractivity contribution in [3.8, 4) is 5.19 Å². The van der Waals surface area contributed by atoms with E-state index < -0.39 is 10.0 Å². The van der Waals surface area contributed by atoms with E-state index in [0.29, 0.717) is 43.9 Å². The van der Waals surface area contributed by atoms with Gasteiger partial charge in [-0.05, 0) is 59.9 Å². The summed E-state index contributed by atoms with van der Waals surface area (Å²) in [7, 11) is -3.15. The van der Waals surface area contributed by atoms with Crippen LogP contribution < -0.4 is 9.64 Å². The molecule has 6 rings (SSSR count). The Kier molecular flexibility index (Phi) is 7.13. The topological polar surface area (TPSA) is 88.5 Å². The summed E-state index contributed by atoms with van der Waals surface area (Å²) < 4.78 is 33.6. The van der Waals surface area contributed by atoms with Crippen LogP contribution in [-0.4, -0.2) is 66.2 Å². The highest BCUT2D eigenvalue weighted by molar-refractivity contribution is 7.89. The monoisotopic (exact) mass is 553 g/mol. The molecule has 0 bridgehead atoms. The number of aryl methyl sites for hydroxylation is 1. The van der Waals surface area contributed by atoms with Gasteiger partial charge in [0.05, 0.1) is 22.6 Å². The molecule has 4 heterocycles. The highest BCUT2D eigenvalue weighted by atomic mass is 32.2. The normalized spacial score (nSPS) is 23.5. The average Bonchev–Trinajstić information content (AvgIpc) is 3.22. The number of aromatic nitrogens is 3. The number of rotatable bonds is 10. The number of hydrogen-bond acceptors (Lipinski definition) is 8. The van der Waals surface area contributed by atoms with Gasteiger partial charge < -0.3 is 9.64 Å². The van der Waals surface area contributed by atoms with Crippen molar-refractivity contribution in [3.63, 3.8) is 0 Å². The van der Waals surface area contributed by atoms with E-state index in [9.17, 15) is 8.42 Å². The van der Waals surface area contributed by atoms with E-state index in [1.807, 2.05) is 25.4 Å². The van der Waals surface area contributed by atoms with Gasteiger partial charge in [0.1, 0.15) is 0 Å². The Labute approximate surface area is 228 Å². The van der Waals surface area contributed by atoms with Gasteiger partial charge >= 0.3 is 0 Å². The van der Waals surface area contributed by atoms with Gasteiger partial charge in [-0.2, -0.15) is 4.31 Å². The zero-order chi connectivity index (χ0) is 26.3. The minimum absolute atomic E-state index is 0.216. The van der Waals surface area contributed by atoms with Gasteiger partial charge in [-0.3, -0.25) is 0 Å². The number of sulfonamides is 1. The third-order valence-electron chi connectivity index (χ3n) is 8.05. The van der Waals surface area contributed by atoms with Crippen molar-refractivity contribution in [2.45, 2.75) is 39.5 Å². The zero-order valence-corrected chi connectivity index (χ0v) is 23.7. The number of thiazole rings is 1. The first-order valence-corrected chi connectivity index (χ1v) is 16.1. The highest BCUT2D eigenvalue weighted by Crippen LogP contribution is 2.52. The molecule has 3 aromatic rings. The van der Waals surface area contributed by atoms with Crippen molar-refractivity contribution in [2.75, 3.05) is 43.4 Å². The smallest absolute Gasteiger partial charge is 0.274 e. The number of benzene rings is 1. The molecule has 202 valence electrons. The predicted molar refractivity (Wildman–Crippen MR) is 152 cm³/mol. The Morgan fingerprint density at radius 2 is 1.89 bits per heavy atom. The van der Waals surface area contributed by atoms with Crippen molar-refractivity contribution in [1.29, 1.82) is 0 Å². The summed E-state index contributed by atoms with van der Waals surface area (Å²) in [6, 6.07) is 6.30.